The zero-order valence-electron chi connectivity index (χ0n) is 17.0. The number of carbonyl (C=O) groups is 1. The first-order chi connectivity index (χ1) is 15.0. The average molecular weight is 478 g/mol. The van der Waals surface area contributed by atoms with Crippen LogP contribution < -0.4 is 15.4 Å². The van der Waals surface area contributed by atoms with Crippen LogP contribution in [-0.4, -0.2) is 27.7 Å². The van der Waals surface area contributed by atoms with Crippen molar-refractivity contribution in [2.24, 2.45) is 0 Å². The lowest BCUT2D eigenvalue weighted by Crippen LogP contribution is -2.20. The molecular formula is C23H20BrN5O2. The smallest absolute Gasteiger partial charge is 0.323 e. The van der Waals surface area contributed by atoms with Crippen molar-refractivity contribution in [3.8, 4) is 22.8 Å². The second kappa shape index (κ2) is 9.01. The molecule has 2 aromatic carbocycles. The van der Waals surface area contributed by atoms with Crippen LogP contribution in [0.2, 0.25) is 0 Å². The Labute approximate surface area is 188 Å². The molecular weight excluding hydrogens is 458 g/mol. The van der Waals surface area contributed by atoms with Gasteiger partial charge in [0.2, 0.25) is 0 Å². The summed E-state index contributed by atoms with van der Waals surface area (Å²) in [6.45, 7) is 1.95. The highest BCUT2D eigenvalue weighted by atomic mass is 79.9. The summed E-state index contributed by atoms with van der Waals surface area (Å²) < 4.78 is 8.14. The number of aromatic nitrogens is 3. The molecule has 0 aliphatic heterocycles. The van der Waals surface area contributed by atoms with Gasteiger partial charge in [-0.2, -0.15) is 0 Å². The lowest BCUT2D eigenvalue weighted by molar-refractivity contribution is 0.262. The van der Waals surface area contributed by atoms with Crippen LogP contribution in [0.1, 0.15) is 5.56 Å². The van der Waals surface area contributed by atoms with Gasteiger partial charge < -0.3 is 15.4 Å². The van der Waals surface area contributed by atoms with Crippen molar-refractivity contribution in [1.29, 1.82) is 0 Å². The lowest BCUT2D eigenvalue weighted by atomic mass is 10.1. The van der Waals surface area contributed by atoms with Gasteiger partial charge >= 0.3 is 6.03 Å². The Morgan fingerprint density at radius 3 is 2.52 bits per heavy atom. The Morgan fingerprint density at radius 2 is 1.77 bits per heavy atom. The number of urea groups is 1. The number of anilines is 2. The topological polar surface area (TPSA) is 81.1 Å². The van der Waals surface area contributed by atoms with Gasteiger partial charge in [-0.05, 0) is 61.0 Å². The standard InChI is InChI=1S/C23H20BrN5O2/c1-15-13-18(29-12-11-26-22(29)16-7-9-25-10-8-16)4-5-19(15)27-23(30)28-20-14-17(24)3-6-21(20)31-2/h3-14H,1-2H3,(H2,27,28,30). The number of benzene rings is 2. The normalized spacial score (nSPS) is 10.5. The van der Waals surface area contributed by atoms with Gasteiger partial charge in [-0.15, -0.1) is 0 Å². The molecule has 0 aliphatic rings. The summed E-state index contributed by atoms with van der Waals surface area (Å²) in [4.78, 5) is 21.1. The third-order valence-electron chi connectivity index (χ3n) is 4.73. The van der Waals surface area contributed by atoms with Crippen LogP contribution in [0, 0.1) is 6.92 Å². The maximum atomic E-state index is 12.6. The van der Waals surface area contributed by atoms with Crippen molar-refractivity contribution in [3.63, 3.8) is 0 Å². The van der Waals surface area contributed by atoms with Crippen molar-refractivity contribution >= 4 is 33.3 Å². The molecule has 0 saturated carbocycles. The number of imidazole rings is 1. The van der Waals surface area contributed by atoms with Crippen molar-refractivity contribution in [1.82, 2.24) is 14.5 Å². The highest BCUT2D eigenvalue weighted by molar-refractivity contribution is 9.10. The van der Waals surface area contributed by atoms with E-state index >= 15 is 0 Å². The highest BCUT2D eigenvalue weighted by Gasteiger charge is 2.12. The lowest BCUT2D eigenvalue weighted by Gasteiger charge is -2.14. The molecule has 0 radical (unpaired) electrons. The Balaban J connectivity index is 1.54. The Hall–Kier alpha value is -3.65. The zero-order chi connectivity index (χ0) is 21.8. The van der Waals surface area contributed by atoms with E-state index in [0.717, 1.165) is 27.1 Å². The molecule has 0 unspecified atom stereocenters. The van der Waals surface area contributed by atoms with Gasteiger partial charge in [-0.25, -0.2) is 9.78 Å². The number of rotatable bonds is 5. The molecule has 8 heteroatoms. The summed E-state index contributed by atoms with van der Waals surface area (Å²) in [7, 11) is 1.56. The Morgan fingerprint density at radius 1 is 1.00 bits per heavy atom. The second-order valence-corrected chi connectivity index (χ2v) is 7.70. The number of hydrogen-bond acceptors (Lipinski definition) is 4. The van der Waals surface area contributed by atoms with Gasteiger partial charge in [0, 0.05) is 46.2 Å². The van der Waals surface area contributed by atoms with E-state index in [2.05, 4.69) is 36.5 Å². The van der Waals surface area contributed by atoms with Gasteiger partial charge in [0.1, 0.15) is 11.6 Å². The predicted octanol–water partition coefficient (Wildman–Crippen LogP) is 5.66. The molecule has 0 fully saturated rings. The van der Waals surface area contributed by atoms with Crippen LogP contribution in [0.5, 0.6) is 5.75 Å². The van der Waals surface area contributed by atoms with Gasteiger partial charge in [0.05, 0.1) is 12.8 Å². The van der Waals surface area contributed by atoms with Crippen molar-refractivity contribution in [3.05, 3.63) is 83.4 Å². The minimum absolute atomic E-state index is 0.354. The fourth-order valence-corrected chi connectivity index (χ4v) is 3.58. The van der Waals surface area contributed by atoms with Gasteiger partial charge in [0.25, 0.3) is 0 Å². The molecule has 4 rings (SSSR count). The predicted molar refractivity (Wildman–Crippen MR) is 125 cm³/mol. The first kappa shape index (κ1) is 20.6. The molecule has 2 heterocycles. The van der Waals surface area contributed by atoms with Crippen LogP contribution >= 0.6 is 15.9 Å². The zero-order valence-corrected chi connectivity index (χ0v) is 18.6. The van der Waals surface area contributed by atoms with Crippen LogP contribution in [0.3, 0.4) is 0 Å². The third kappa shape index (κ3) is 4.59. The molecule has 2 amide bonds. The number of halogens is 1. The molecule has 31 heavy (non-hydrogen) atoms. The maximum Gasteiger partial charge on any atom is 0.323 e. The fourth-order valence-electron chi connectivity index (χ4n) is 3.22. The number of hydrogen-bond donors (Lipinski definition) is 2. The fraction of sp³-hybridized carbons (Fsp3) is 0.0870. The number of ether oxygens (including phenoxy) is 1. The summed E-state index contributed by atoms with van der Waals surface area (Å²) in [5, 5.41) is 5.72. The summed E-state index contributed by atoms with van der Waals surface area (Å²) in [5.74, 6) is 1.40. The highest BCUT2D eigenvalue weighted by Crippen LogP contribution is 2.29. The van der Waals surface area contributed by atoms with E-state index in [0.29, 0.717) is 17.1 Å². The maximum absolute atomic E-state index is 12.6. The number of nitrogens with one attached hydrogen (secondary N) is 2. The molecule has 0 atom stereocenters. The van der Waals surface area contributed by atoms with Gasteiger partial charge in [-0.3, -0.25) is 9.55 Å². The van der Waals surface area contributed by atoms with Crippen molar-refractivity contribution in [2.75, 3.05) is 17.7 Å². The van der Waals surface area contributed by atoms with E-state index in [4.69, 9.17) is 4.74 Å². The Kier molecular flexibility index (Phi) is 5.99. The van der Waals surface area contributed by atoms with Crippen LogP contribution in [0.15, 0.2) is 77.8 Å². The molecule has 0 aliphatic carbocycles. The summed E-state index contributed by atoms with van der Waals surface area (Å²) in [5.41, 5.74) is 4.12. The molecule has 2 aromatic heterocycles. The molecule has 0 saturated heterocycles. The largest absolute Gasteiger partial charge is 0.495 e. The van der Waals surface area contributed by atoms with E-state index in [1.165, 1.54) is 0 Å². The van der Waals surface area contributed by atoms with Gasteiger partial charge in [0.15, 0.2) is 0 Å². The molecule has 2 N–H and O–H groups in total. The van der Waals surface area contributed by atoms with Crippen LogP contribution in [-0.2, 0) is 0 Å². The molecule has 7 nitrogen and oxygen atoms in total. The van der Waals surface area contributed by atoms with Crippen molar-refractivity contribution in [2.45, 2.75) is 6.92 Å². The van der Waals surface area contributed by atoms with Gasteiger partial charge in [-0.1, -0.05) is 15.9 Å². The van der Waals surface area contributed by atoms with Crippen LogP contribution in [0.4, 0.5) is 16.2 Å². The second-order valence-electron chi connectivity index (χ2n) is 6.78. The van der Waals surface area contributed by atoms with E-state index in [9.17, 15) is 4.79 Å². The van der Waals surface area contributed by atoms with Crippen LogP contribution in [0.25, 0.3) is 17.1 Å². The number of amides is 2. The summed E-state index contributed by atoms with van der Waals surface area (Å²) in [6, 6.07) is 14.7. The van der Waals surface area contributed by atoms with E-state index < -0.39 is 0 Å². The Bertz CT molecular complexity index is 1220. The first-order valence-electron chi connectivity index (χ1n) is 9.51. The monoisotopic (exact) mass is 477 g/mol. The minimum Gasteiger partial charge on any atom is -0.495 e. The molecule has 4 aromatic rings. The molecule has 0 spiro atoms. The van der Waals surface area contributed by atoms with E-state index in [-0.39, 0.29) is 6.03 Å². The van der Waals surface area contributed by atoms with Crippen molar-refractivity contribution < 1.29 is 9.53 Å². The van der Waals surface area contributed by atoms with E-state index in [1.54, 1.807) is 37.8 Å². The molecule has 156 valence electrons. The number of pyridine rings is 1. The number of aryl methyl sites for hydroxylation is 1. The number of nitrogens with zero attached hydrogens (tertiary/aromatic N) is 3. The van der Waals surface area contributed by atoms with E-state index in [1.807, 2.05) is 54.1 Å². The first-order valence-corrected chi connectivity index (χ1v) is 10.3. The number of carbonyl (C=O) groups excluding carboxylic acids is 1. The SMILES string of the molecule is COc1ccc(Br)cc1NC(=O)Nc1ccc(-n2ccnc2-c2ccncc2)cc1C. The minimum atomic E-state index is -0.354. The summed E-state index contributed by atoms with van der Waals surface area (Å²) in [6.07, 6.45) is 7.15. The summed E-state index contributed by atoms with van der Waals surface area (Å²) >= 11 is 3.41. The third-order valence-corrected chi connectivity index (χ3v) is 5.22. The number of methoxy groups -OCH3 is 1. The average Bonchev–Trinajstić information content (AvgIpc) is 3.26. The molecule has 0 bridgehead atoms. The quantitative estimate of drug-likeness (QED) is 0.388.